The number of aromatic nitrogens is 3. The zero-order chi connectivity index (χ0) is 26.8. The average molecular weight is 556 g/mol. The summed E-state index contributed by atoms with van der Waals surface area (Å²) in [6, 6.07) is 0. The molecule has 9 nitrogen and oxygen atoms in total. The summed E-state index contributed by atoms with van der Waals surface area (Å²) in [5.74, 6) is -0.110. The Labute approximate surface area is 225 Å². The zero-order valence-electron chi connectivity index (χ0n) is 22.1. The second-order valence-corrected chi connectivity index (χ2v) is 11.2. The van der Waals surface area contributed by atoms with E-state index in [2.05, 4.69) is 17.1 Å². The highest BCUT2D eigenvalue weighted by Crippen LogP contribution is 2.48. The highest BCUT2D eigenvalue weighted by atomic mass is 32.2. The number of hydrogen-bond acceptors (Lipinski definition) is 10. The molecule has 2 atom stereocenters. The van der Waals surface area contributed by atoms with E-state index >= 15 is 0 Å². The predicted octanol–water partition coefficient (Wildman–Crippen LogP) is 5.77. The summed E-state index contributed by atoms with van der Waals surface area (Å²) in [6.45, 7) is 5.09. The molecule has 1 saturated carbocycles. The Morgan fingerprint density at radius 2 is 1.97 bits per heavy atom. The van der Waals surface area contributed by atoms with E-state index in [0.29, 0.717) is 56.3 Å². The lowest BCUT2D eigenvalue weighted by Crippen LogP contribution is -2.40. The zero-order valence-corrected chi connectivity index (χ0v) is 22.9. The highest BCUT2D eigenvalue weighted by Gasteiger charge is 2.49. The van der Waals surface area contributed by atoms with Gasteiger partial charge in [-0.2, -0.15) is 13.8 Å². The van der Waals surface area contributed by atoms with Gasteiger partial charge in [-0.25, -0.2) is 4.98 Å². The van der Waals surface area contributed by atoms with Crippen LogP contribution in [0.2, 0.25) is 0 Å². The summed E-state index contributed by atoms with van der Waals surface area (Å²) in [5.41, 5.74) is 2.97. The number of ether oxygens (including phenoxy) is 4. The van der Waals surface area contributed by atoms with Crippen LogP contribution in [0.15, 0.2) is 4.52 Å². The topological polar surface area (TPSA) is 98.0 Å². The Morgan fingerprint density at radius 1 is 1.16 bits per heavy atom. The first-order valence-corrected chi connectivity index (χ1v) is 14.1. The summed E-state index contributed by atoms with van der Waals surface area (Å²) in [6.07, 6.45) is 5.95. The van der Waals surface area contributed by atoms with Gasteiger partial charge in [-0.1, -0.05) is 24.9 Å². The summed E-state index contributed by atoms with van der Waals surface area (Å²) in [4.78, 5) is 9.46. The maximum atomic E-state index is 13.7. The van der Waals surface area contributed by atoms with Crippen molar-refractivity contribution in [2.45, 2.75) is 88.3 Å². The average Bonchev–Trinajstić information content (AvgIpc) is 3.54. The van der Waals surface area contributed by atoms with Gasteiger partial charge in [0.2, 0.25) is 17.5 Å². The van der Waals surface area contributed by atoms with Crippen molar-refractivity contribution in [2.24, 2.45) is 0 Å². The minimum Gasteiger partial charge on any atom is -0.399 e. The molecule has 1 spiro atoms. The number of alkyl halides is 2. The Kier molecular flexibility index (Phi) is 8.54. The minimum absolute atomic E-state index is 0.0515. The predicted molar refractivity (Wildman–Crippen MR) is 135 cm³/mol. The van der Waals surface area contributed by atoms with Crippen LogP contribution >= 0.6 is 12.0 Å². The fraction of sp³-hybridized carbons (Fsp3) is 0.731. The SMILES string of the molecule is CCCc1c([C@H]2CCCCC23OCCO3)noc1-c1nc(OSC(C)(F)F)c2c(n1)[C@@H](CCOC)COC2. The number of fused-ring (bicyclic) bond motifs is 1. The molecule has 0 bridgehead atoms. The van der Waals surface area contributed by atoms with E-state index in [4.69, 9.17) is 32.6 Å². The van der Waals surface area contributed by atoms with Gasteiger partial charge in [0.1, 0.15) is 12.0 Å². The fourth-order valence-corrected chi connectivity index (χ4v) is 6.00. The lowest BCUT2D eigenvalue weighted by molar-refractivity contribution is -0.192. The smallest absolute Gasteiger partial charge is 0.326 e. The van der Waals surface area contributed by atoms with Crippen molar-refractivity contribution >= 4 is 12.0 Å². The van der Waals surface area contributed by atoms with Gasteiger partial charge in [0.15, 0.2) is 5.79 Å². The molecule has 3 aliphatic rings. The van der Waals surface area contributed by atoms with Crippen molar-refractivity contribution in [2.75, 3.05) is 33.5 Å². The van der Waals surface area contributed by atoms with Crippen LogP contribution < -0.4 is 4.18 Å². The molecule has 12 heteroatoms. The molecule has 0 N–H and O–H groups in total. The van der Waals surface area contributed by atoms with E-state index < -0.39 is 11.0 Å². The van der Waals surface area contributed by atoms with Crippen LogP contribution in [-0.4, -0.2) is 59.7 Å². The molecule has 2 aromatic rings. The fourth-order valence-electron chi connectivity index (χ4n) is 5.64. The lowest BCUT2D eigenvalue weighted by atomic mass is 9.79. The quantitative estimate of drug-likeness (QED) is 0.336. The molecule has 210 valence electrons. The molecule has 0 unspecified atom stereocenters. The van der Waals surface area contributed by atoms with Crippen molar-refractivity contribution in [3.63, 3.8) is 0 Å². The van der Waals surface area contributed by atoms with Gasteiger partial charge in [0, 0.05) is 38.5 Å². The van der Waals surface area contributed by atoms with Gasteiger partial charge in [-0.05, 0) is 25.7 Å². The largest absolute Gasteiger partial charge is 0.399 e. The molecule has 0 amide bonds. The maximum Gasteiger partial charge on any atom is 0.326 e. The molecule has 38 heavy (non-hydrogen) atoms. The molecule has 2 aliphatic heterocycles. The molecule has 1 saturated heterocycles. The van der Waals surface area contributed by atoms with Crippen LogP contribution in [0.3, 0.4) is 0 Å². The van der Waals surface area contributed by atoms with Gasteiger partial charge in [0.25, 0.3) is 0 Å². The Balaban J connectivity index is 1.58. The summed E-state index contributed by atoms with van der Waals surface area (Å²) >= 11 is 0.0543. The van der Waals surface area contributed by atoms with Crippen molar-refractivity contribution in [1.82, 2.24) is 15.1 Å². The number of nitrogens with zero attached hydrogens (tertiary/aromatic N) is 3. The number of methoxy groups -OCH3 is 1. The molecule has 4 heterocycles. The van der Waals surface area contributed by atoms with E-state index in [9.17, 15) is 8.78 Å². The van der Waals surface area contributed by atoms with Crippen molar-refractivity contribution in [1.29, 1.82) is 0 Å². The van der Waals surface area contributed by atoms with E-state index in [1.807, 2.05) is 0 Å². The third-order valence-electron chi connectivity index (χ3n) is 7.32. The summed E-state index contributed by atoms with van der Waals surface area (Å²) < 4.78 is 62.2. The lowest BCUT2D eigenvalue weighted by Gasteiger charge is -2.38. The minimum atomic E-state index is -3.10. The van der Waals surface area contributed by atoms with E-state index in [0.717, 1.165) is 50.3 Å². The normalized spacial score (nSPS) is 23.1. The summed E-state index contributed by atoms with van der Waals surface area (Å²) in [5, 5.41) is 1.42. The molecule has 1 aliphatic carbocycles. The van der Waals surface area contributed by atoms with Gasteiger partial charge in [0.05, 0.1) is 49.3 Å². The van der Waals surface area contributed by atoms with Crippen LogP contribution in [-0.2, 0) is 32.0 Å². The third kappa shape index (κ3) is 5.70. The van der Waals surface area contributed by atoms with Gasteiger partial charge in [-0.15, -0.1) is 0 Å². The highest BCUT2D eigenvalue weighted by molar-refractivity contribution is 7.96. The molecular formula is C26H35F2N3O6S. The molecular weight excluding hydrogens is 520 g/mol. The standard InChI is InChI=1S/C26H35F2N3O6S/c1-4-7-17-21(19-8-5-6-10-26(19)34-12-13-35-26)31-36-22(17)23-29-20-16(9-11-32-3)14-33-15-18(20)24(30-23)37-38-25(2,27)28/h16,19H,4-15H2,1-3H3/t16-,19+/m0/s1. The van der Waals surface area contributed by atoms with Gasteiger partial charge in [-0.3, -0.25) is 0 Å². The van der Waals surface area contributed by atoms with Gasteiger partial charge >= 0.3 is 5.25 Å². The van der Waals surface area contributed by atoms with E-state index in [-0.39, 0.29) is 42.2 Å². The number of hydrogen-bond donors (Lipinski definition) is 0. The van der Waals surface area contributed by atoms with Crippen LogP contribution in [0.1, 0.15) is 86.7 Å². The van der Waals surface area contributed by atoms with E-state index in [1.165, 1.54) is 0 Å². The Morgan fingerprint density at radius 3 is 2.71 bits per heavy atom. The molecule has 2 aromatic heterocycles. The molecule has 0 radical (unpaired) electrons. The van der Waals surface area contributed by atoms with Gasteiger partial charge < -0.3 is 27.7 Å². The van der Waals surface area contributed by atoms with Crippen molar-refractivity contribution in [3.05, 3.63) is 22.5 Å². The third-order valence-corrected chi connectivity index (χ3v) is 7.85. The summed E-state index contributed by atoms with van der Waals surface area (Å²) in [7, 11) is 1.63. The van der Waals surface area contributed by atoms with Crippen molar-refractivity contribution in [3.8, 4) is 17.5 Å². The van der Waals surface area contributed by atoms with Crippen LogP contribution in [0, 0.1) is 0 Å². The maximum absolute atomic E-state index is 13.7. The van der Waals surface area contributed by atoms with Crippen LogP contribution in [0.4, 0.5) is 8.78 Å². The first kappa shape index (κ1) is 27.7. The van der Waals surface area contributed by atoms with E-state index in [1.54, 1.807) is 7.11 Å². The molecule has 5 rings (SSSR count). The second-order valence-electron chi connectivity index (χ2n) is 10.1. The Bertz CT molecular complexity index is 1110. The van der Waals surface area contributed by atoms with Crippen molar-refractivity contribution < 1.29 is 36.4 Å². The molecule has 0 aromatic carbocycles. The first-order chi connectivity index (χ1) is 18.3. The van der Waals surface area contributed by atoms with Crippen LogP contribution in [0.5, 0.6) is 5.88 Å². The second kappa shape index (κ2) is 11.7. The monoisotopic (exact) mass is 555 g/mol. The Hall–Kier alpha value is -1.86. The molecule has 2 fully saturated rings. The number of rotatable bonds is 10. The first-order valence-electron chi connectivity index (χ1n) is 13.3. The van der Waals surface area contributed by atoms with Crippen LogP contribution in [0.25, 0.3) is 11.6 Å². The number of halogens is 2.